The molecule has 1 aliphatic carbocycles. The van der Waals surface area contributed by atoms with Crippen molar-refractivity contribution in [1.29, 1.82) is 0 Å². The third-order valence-corrected chi connectivity index (χ3v) is 6.73. The standard InChI is InChI=1S/C21H27N2.2C6H5.C5H5.Si.Zr/c1-5-22(6-2)18-9-11-20-16(14-18)13-17-15-19(10-12-21(17)20)23(7-3)8-4;2*1-2-4-6-5-3-1;1-2-4-5-3-1;;/h9-15H,5-8H2,1-4H3;2*1-5H;1-3H,4H2;;/q4*-1;;. The van der Waals surface area contributed by atoms with Crippen molar-refractivity contribution in [2.45, 2.75) is 34.1 Å². The van der Waals surface area contributed by atoms with Crippen molar-refractivity contribution in [3.05, 3.63) is 140 Å². The van der Waals surface area contributed by atoms with E-state index in [1.165, 1.54) is 56.3 Å². The van der Waals surface area contributed by atoms with Crippen molar-refractivity contribution >= 4 is 39.8 Å². The average molecular weight is 646 g/mol. The van der Waals surface area contributed by atoms with Crippen LogP contribution in [0.1, 0.15) is 34.1 Å². The van der Waals surface area contributed by atoms with E-state index >= 15 is 0 Å². The number of nitrogens with zero attached hydrogens (tertiary/aromatic N) is 2. The molecular formula is C38H42N2SiZr-4. The van der Waals surface area contributed by atoms with E-state index in [-0.39, 0.29) is 0 Å². The zero-order valence-electron chi connectivity index (χ0n) is 25.5. The van der Waals surface area contributed by atoms with Crippen molar-refractivity contribution in [3.8, 4) is 0 Å². The first-order valence-corrected chi connectivity index (χ1v) is 18.8. The summed E-state index contributed by atoms with van der Waals surface area (Å²) in [5.74, 6) is 0. The third kappa shape index (κ3) is 11.7. The molecule has 0 spiro atoms. The molecule has 4 heteroatoms. The molecule has 0 aliphatic heterocycles. The van der Waals surface area contributed by atoms with Crippen LogP contribution >= 0.6 is 0 Å². The maximum Gasteiger partial charge on any atom is -0.171 e. The molecule has 0 fully saturated rings. The van der Waals surface area contributed by atoms with Gasteiger partial charge in [0.25, 0.3) is 0 Å². The largest absolute Gasteiger partial charge is 0.184 e. The van der Waals surface area contributed by atoms with Crippen molar-refractivity contribution in [2.75, 3.05) is 36.0 Å². The van der Waals surface area contributed by atoms with Crippen LogP contribution in [-0.4, -0.2) is 33.1 Å². The Kier molecular flexibility index (Phi) is 18.1. The van der Waals surface area contributed by atoms with E-state index in [0.717, 1.165) is 32.6 Å². The Balaban J connectivity index is 0.000000259. The summed E-state index contributed by atoms with van der Waals surface area (Å²) in [6.07, 6.45) is 10.0. The quantitative estimate of drug-likeness (QED) is 0.134. The number of hydrogen-bond acceptors (Lipinski definition) is 2. The Morgan fingerprint density at radius 2 is 1.10 bits per heavy atom. The van der Waals surface area contributed by atoms with Gasteiger partial charge in [0.1, 0.15) is 0 Å². The number of anilines is 2. The fourth-order valence-corrected chi connectivity index (χ4v) is 4.59. The van der Waals surface area contributed by atoms with Gasteiger partial charge < -0.3 is 9.80 Å². The minimum absolute atomic E-state index is 1.01. The zero-order valence-corrected chi connectivity index (χ0v) is 28.9. The molecule has 0 atom stereocenters. The van der Waals surface area contributed by atoms with Crippen LogP contribution < -0.4 is 9.80 Å². The van der Waals surface area contributed by atoms with Gasteiger partial charge >= 0.3 is 30.2 Å². The summed E-state index contributed by atoms with van der Waals surface area (Å²) in [6.45, 7) is 16.1. The monoisotopic (exact) mass is 644 g/mol. The minimum atomic E-state index is 1.01. The van der Waals surface area contributed by atoms with Crippen LogP contribution in [0.3, 0.4) is 0 Å². The first-order valence-electron chi connectivity index (χ1n) is 14.6. The summed E-state index contributed by atoms with van der Waals surface area (Å²) >= 11 is 1.36. The summed E-state index contributed by atoms with van der Waals surface area (Å²) in [5.41, 5.74) is 2.64. The molecule has 6 rings (SSSR count). The van der Waals surface area contributed by atoms with E-state index in [9.17, 15) is 0 Å². The van der Waals surface area contributed by atoms with Crippen molar-refractivity contribution in [3.63, 3.8) is 0 Å². The SMILES string of the molecule is CCN(CC)c1ccc2c(c1)[cH-]c1cc(N(CC)CC)ccc12.[C-]1=CC=CC1.[Si]=[Zr].[c-]1ccccc1.[c-]1ccccc1. The molecule has 0 saturated carbocycles. The van der Waals surface area contributed by atoms with E-state index in [4.69, 9.17) is 0 Å². The van der Waals surface area contributed by atoms with Gasteiger partial charge in [0.05, 0.1) is 0 Å². The van der Waals surface area contributed by atoms with E-state index in [1.54, 1.807) is 0 Å². The van der Waals surface area contributed by atoms with Gasteiger partial charge in [0.2, 0.25) is 0 Å². The summed E-state index contributed by atoms with van der Waals surface area (Å²) in [6, 6.07) is 41.1. The molecule has 42 heavy (non-hydrogen) atoms. The van der Waals surface area contributed by atoms with Gasteiger partial charge in [-0.3, -0.25) is 6.08 Å². The molecule has 5 aromatic rings. The maximum absolute atomic E-state index is 3.06. The second-order valence-corrected chi connectivity index (χ2v) is 9.19. The molecule has 2 nitrogen and oxygen atoms in total. The molecule has 1 aliphatic rings. The van der Waals surface area contributed by atoms with Gasteiger partial charge in [-0.2, -0.15) is 78.9 Å². The fourth-order valence-electron chi connectivity index (χ4n) is 4.59. The van der Waals surface area contributed by atoms with Gasteiger partial charge in [0.15, 0.2) is 0 Å². The molecule has 0 N–H and O–H groups in total. The predicted octanol–water partition coefficient (Wildman–Crippen LogP) is 9.30. The molecule has 0 unspecified atom stereocenters. The van der Waals surface area contributed by atoms with Crippen molar-refractivity contribution in [2.24, 2.45) is 0 Å². The van der Waals surface area contributed by atoms with Gasteiger partial charge in [-0.1, -0.05) is 36.4 Å². The van der Waals surface area contributed by atoms with Crippen LogP contribution in [-0.2, 0) is 23.3 Å². The Morgan fingerprint density at radius 3 is 1.33 bits per heavy atom. The number of allylic oxidation sites excluding steroid dienone is 4. The molecule has 5 aromatic carbocycles. The van der Waals surface area contributed by atoms with Crippen molar-refractivity contribution < 1.29 is 23.3 Å². The summed E-state index contributed by atoms with van der Waals surface area (Å²) in [4.78, 5) is 4.80. The van der Waals surface area contributed by atoms with E-state index in [0.29, 0.717) is 0 Å². The first kappa shape index (κ1) is 35.1. The topological polar surface area (TPSA) is 6.48 Å². The molecule has 0 aromatic heterocycles. The van der Waals surface area contributed by atoms with Gasteiger partial charge in [-0.25, -0.2) is 12.2 Å². The number of rotatable bonds is 6. The van der Waals surface area contributed by atoms with E-state index in [2.05, 4.69) is 111 Å². The van der Waals surface area contributed by atoms with Crippen molar-refractivity contribution in [1.82, 2.24) is 0 Å². The molecular weight excluding hydrogens is 604 g/mol. The third-order valence-electron chi connectivity index (χ3n) is 6.73. The Bertz CT molecular complexity index is 1270. The van der Waals surface area contributed by atoms with E-state index < -0.39 is 0 Å². The number of hydrogen-bond donors (Lipinski definition) is 0. The predicted molar refractivity (Wildman–Crippen MR) is 182 cm³/mol. The Labute approximate surface area is 271 Å². The van der Waals surface area contributed by atoms with Crippen LogP contribution in [0.25, 0.3) is 21.5 Å². The fraction of sp³-hybridized carbons (Fsp3) is 0.237. The first-order chi connectivity index (χ1) is 20.7. The summed E-state index contributed by atoms with van der Waals surface area (Å²) < 4.78 is 0. The normalized spacial score (nSPS) is 10.6. The zero-order chi connectivity index (χ0) is 30.4. The van der Waals surface area contributed by atoms with Gasteiger partial charge in [-0.05, 0) is 27.7 Å². The number of benzene rings is 4. The molecule has 0 bridgehead atoms. The van der Waals surface area contributed by atoms with Crippen LogP contribution in [0, 0.1) is 18.2 Å². The maximum atomic E-state index is 3.06. The second kappa shape index (κ2) is 21.6. The molecule has 216 valence electrons. The van der Waals surface area contributed by atoms with Gasteiger partial charge in [0, 0.05) is 37.6 Å². The Hall–Kier alpha value is -3.07. The van der Waals surface area contributed by atoms with E-state index in [1.807, 2.05) is 72.8 Å². The molecule has 0 heterocycles. The minimum Gasteiger partial charge on any atom is -0.184 e. The average Bonchev–Trinajstić information content (AvgIpc) is 3.77. The van der Waals surface area contributed by atoms with Crippen LogP contribution in [0.2, 0.25) is 0 Å². The Morgan fingerprint density at radius 1 is 0.667 bits per heavy atom. The summed E-state index contributed by atoms with van der Waals surface area (Å²) in [5, 5.41) is 5.42. The van der Waals surface area contributed by atoms with Crippen LogP contribution in [0.15, 0.2) is 121 Å². The second-order valence-electron chi connectivity index (χ2n) is 9.19. The van der Waals surface area contributed by atoms with Crippen LogP contribution in [0.5, 0.6) is 0 Å². The molecule has 2 radical (unpaired) electrons. The van der Waals surface area contributed by atoms with Crippen LogP contribution in [0.4, 0.5) is 11.4 Å². The number of fused-ring (bicyclic) bond motifs is 3. The molecule has 0 amide bonds. The molecule has 0 saturated heterocycles. The smallest absolute Gasteiger partial charge is 0.171 e. The van der Waals surface area contributed by atoms with Gasteiger partial charge in [-0.15, -0.1) is 34.0 Å². The summed E-state index contributed by atoms with van der Waals surface area (Å²) in [7, 11) is 0.